The smallest absolute Gasteiger partial charge is 0.240 e. The number of benzene rings is 1. The van der Waals surface area contributed by atoms with Crippen LogP contribution in [0.1, 0.15) is 18.9 Å². The van der Waals surface area contributed by atoms with E-state index in [1.54, 1.807) is 0 Å². The highest BCUT2D eigenvalue weighted by atomic mass is 16.5. The van der Waals surface area contributed by atoms with Crippen molar-refractivity contribution in [3.05, 3.63) is 23.8 Å². The zero-order chi connectivity index (χ0) is 11.5. The minimum Gasteiger partial charge on any atom is -0.476 e. The van der Waals surface area contributed by atoms with Crippen LogP contribution < -0.4 is 10.5 Å². The Morgan fingerprint density at radius 2 is 2.25 bits per heavy atom. The maximum absolute atomic E-state index is 5.62. The molecule has 0 aliphatic rings. The van der Waals surface area contributed by atoms with Crippen molar-refractivity contribution >= 4 is 10.9 Å². The van der Waals surface area contributed by atoms with Crippen molar-refractivity contribution in [3.63, 3.8) is 0 Å². The zero-order valence-electron chi connectivity index (χ0n) is 9.73. The van der Waals surface area contributed by atoms with Crippen molar-refractivity contribution in [1.29, 1.82) is 0 Å². The molecule has 16 heavy (non-hydrogen) atoms. The molecular formula is C12H17N3O. The maximum Gasteiger partial charge on any atom is 0.240 e. The largest absolute Gasteiger partial charge is 0.476 e. The summed E-state index contributed by atoms with van der Waals surface area (Å²) < 4.78 is 7.43. The number of hydrogen-bond donors (Lipinski definition) is 1. The summed E-state index contributed by atoms with van der Waals surface area (Å²) in [7, 11) is 1.92. The van der Waals surface area contributed by atoms with Crippen molar-refractivity contribution in [1.82, 2.24) is 9.78 Å². The summed E-state index contributed by atoms with van der Waals surface area (Å²) in [6, 6.07) is 6.10. The molecular weight excluding hydrogens is 202 g/mol. The van der Waals surface area contributed by atoms with Crippen LogP contribution in [0.4, 0.5) is 0 Å². The van der Waals surface area contributed by atoms with Crippen molar-refractivity contribution < 1.29 is 4.74 Å². The molecule has 0 radical (unpaired) electrons. The average Bonchev–Trinajstić information content (AvgIpc) is 2.63. The first kappa shape index (κ1) is 11.0. The van der Waals surface area contributed by atoms with E-state index in [0.29, 0.717) is 19.0 Å². The third-order valence-corrected chi connectivity index (χ3v) is 2.56. The third-order valence-electron chi connectivity index (χ3n) is 2.56. The zero-order valence-corrected chi connectivity index (χ0v) is 9.73. The summed E-state index contributed by atoms with van der Waals surface area (Å²) >= 11 is 0. The maximum atomic E-state index is 5.62. The molecule has 0 aliphatic heterocycles. The lowest BCUT2D eigenvalue weighted by Crippen LogP contribution is -1.97. The Labute approximate surface area is 95.0 Å². The van der Waals surface area contributed by atoms with E-state index in [0.717, 1.165) is 22.9 Å². The second kappa shape index (κ2) is 4.53. The predicted molar refractivity (Wildman–Crippen MR) is 64.4 cm³/mol. The van der Waals surface area contributed by atoms with Crippen LogP contribution in [-0.2, 0) is 13.6 Å². The van der Waals surface area contributed by atoms with Crippen LogP contribution in [0.2, 0.25) is 0 Å². The second-order valence-electron chi connectivity index (χ2n) is 3.83. The number of nitrogens with two attached hydrogens (primary N) is 1. The fraction of sp³-hybridized carbons (Fsp3) is 0.417. The molecule has 0 unspecified atom stereocenters. The molecule has 2 rings (SSSR count). The fourth-order valence-corrected chi connectivity index (χ4v) is 1.70. The quantitative estimate of drug-likeness (QED) is 0.853. The van der Waals surface area contributed by atoms with Crippen LogP contribution >= 0.6 is 0 Å². The minimum absolute atomic E-state index is 0.548. The van der Waals surface area contributed by atoms with E-state index in [2.05, 4.69) is 18.1 Å². The SMILES string of the molecule is CCCOc1nn(C)c2cc(CN)ccc12. The first-order chi connectivity index (χ1) is 7.76. The van der Waals surface area contributed by atoms with Gasteiger partial charge in [0, 0.05) is 13.6 Å². The van der Waals surface area contributed by atoms with Gasteiger partial charge in [-0.25, -0.2) is 0 Å². The van der Waals surface area contributed by atoms with Gasteiger partial charge in [0.25, 0.3) is 0 Å². The van der Waals surface area contributed by atoms with Gasteiger partial charge in [-0.3, -0.25) is 4.68 Å². The van der Waals surface area contributed by atoms with Crippen molar-refractivity contribution in [2.75, 3.05) is 6.61 Å². The van der Waals surface area contributed by atoms with Crippen LogP contribution in [0, 0.1) is 0 Å². The van der Waals surface area contributed by atoms with Crippen LogP contribution in [0.25, 0.3) is 10.9 Å². The Bertz CT molecular complexity index is 490. The number of hydrogen-bond acceptors (Lipinski definition) is 3. The number of aryl methyl sites for hydroxylation is 1. The highest BCUT2D eigenvalue weighted by molar-refractivity contribution is 5.85. The van der Waals surface area contributed by atoms with E-state index in [4.69, 9.17) is 10.5 Å². The number of ether oxygens (including phenoxy) is 1. The highest BCUT2D eigenvalue weighted by Crippen LogP contribution is 2.25. The molecule has 0 spiro atoms. The Morgan fingerprint density at radius 3 is 2.94 bits per heavy atom. The van der Waals surface area contributed by atoms with E-state index in [9.17, 15) is 0 Å². The molecule has 0 saturated carbocycles. The predicted octanol–water partition coefficient (Wildman–Crippen LogP) is 1.82. The topological polar surface area (TPSA) is 53.1 Å². The summed E-state index contributed by atoms with van der Waals surface area (Å²) in [5.74, 6) is 0.711. The van der Waals surface area contributed by atoms with Gasteiger partial charge in [0.1, 0.15) is 0 Å². The number of nitrogens with zero attached hydrogens (tertiary/aromatic N) is 2. The summed E-state index contributed by atoms with van der Waals surface area (Å²) in [5.41, 5.74) is 7.79. The van der Waals surface area contributed by atoms with E-state index < -0.39 is 0 Å². The molecule has 0 amide bonds. The molecule has 1 aromatic heterocycles. The molecule has 0 bridgehead atoms. The molecule has 1 heterocycles. The molecule has 86 valence electrons. The van der Waals surface area contributed by atoms with Gasteiger partial charge in [-0.1, -0.05) is 13.0 Å². The summed E-state index contributed by atoms with van der Waals surface area (Å²) in [6.45, 7) is 3.33. The van der Waals surface area contributed by atoms with Gasteiger partial charge in [0.05, 0.1) is 17.5 Å². The Kier molecular flexibility index (Phi) is 3.10. The van der Waals surface area contributed by atoms with Gasteiger partial charge in [-0.15, -0.1) is 5.10 Å². The standard InChI is InChI=1S/C12H17N3O/c1-3-6-16-12-10-5-4-9(8-13)7-11(10)15(2)14-12/h4-5,7H,3,6,8,13H2,1-2H3. The summed E-state index contributed by atoms with van der Waals surface area (Å²) in [6.07, 6.45) is 0.985. The molecule has 1 aromatic carbocycles. The van der Waals surface area contributed by atoms with Crippen LogP contribution in [0.15, 0.2) is 18.2 Å². The number of aromatic nitrogens is 2. The lowest BCUT2D eigenvalue weighted by Gasteiger charge is -2.00. The molecule has 2 aromatic rings. The first-order valence-corrected chi connectivity index (χ1v) is 5.54. The Balaban J connectivity index is 2.45. The number of fused-ring (bicyclic) bond motifs is 1. The van der Waals surface area contributed by atoms with Crippen LogP contribution in [0.5, 0.6) is 5.88 Å². The van der Waals surface area contributed by atoms with Crippen molar-refractivity contribution in [2.45, 2.75) is 19.9 Å². The fourth-order valence-electron chi connectivity index (χ4n) is 1.70. The molecule has 4 heteroatoms. The van der Waals surface area contributed by atoms with Gasteiger partial charge in [0.15, 0.2) is 0 Å². The average molecular weight is 219 g/mol. The summed E-state index contributed by atoms with van der Waals surface area (Å²) in [4.78, 5) is 0. The van der Waals surface area contributed by atoms with E-state index in [1.165, 1.54) is 0 Å². The van der Waals surface area contributed by atoms with Gasteiger partial charge in [0.2, 0.25) is 5.88 Å². The lowest BCUT2D eigenvalue weighted by atomic mass is 10.1. The van der Waals surface area contributed by atoms with Gasteiger partial charge >= 0.3 is 0 Å². The normalized spacial score (nSPS) is 10.9. The minimum atomic E-state index is 0.548. The van der Waals surface area contributed by atoms with E-state index in [-0.39, 0.29) is 0 Å². The van der Waals surface area contributed by atoms with Crippen LogP contribution in [-0.4, -0.2) is 16.4 Å². The van der Waals surface area contributed by atoms with Gasteiger partial charge in [-0.05, 0) is 24.1 Å². The molecule has 4 nitrogen and oxygen atoms in total. The Hall–Kier alpha value is -1.55. The van der Waals surface area contributed by atoms with E-state index in [1.807, 2.05) is 23.9 Å². The molecule has 0 fully saturated rings. The molecule has 0 saturated heterocycles. The number of rotatable bonds is 4. The summed E-state index contributed by atoms with van der Waals surface area (Å²) in [5, 5.41) is 5.41. The third kappa shape index (κ3) is 1.88. The van der Waals surface area contributed by atoms with Crippen molar-refractivity contribution in [2.24, 2.45) is 12.8 Å². The van der Waals surface area contributed by atoms with Crippen molar-refractivity contribution in [3.8, 4) is 5.88 Å². The van der Waals surface area contributed by atoms with E-state index >= 15 is 0 Å². The van der Waals surface area contributed by atoms with Gasteiger partial charge < -0.3 is 10.5 Å². The monoisotopic (exact) mass is 219 g/mol. The lowest BCUT2D eigenvalue weighted by molar-refractivity contribution is 0.305. The highest BCUT2D eigenvalue weighted by Gasteiger charge is 2.09. The Morgan fingerprint density at radius 1 is 1.44 bits per heavy atom. The van der Waals surface area contributed by atoms with Gasteiger partial charge in [-0.2, -0.15) is 0 Å². The molecule has 0 aliphatic carbocycles. The molecule has 2 N–H and O–H groups in total. The van der Waals surface area contributed by atoms with Crippen LogP contribution in [0.3, 0.4) is 0 Å². The molecule has 0 atom stereocenters. The second-order valence-corrected chi connectivity index (χ2v) is 3.83. The first-order valence-electron chi connectivity index (χ1n) is 5.54.